The van der Waals surface area contributed by atoms with Crippen LogP contribution in [-0.4, -0.2) is 16.1 Å². The van der Waals surface area contributed by atoms with Gasteiger partial charge in [-0.2, -0.15) is 8.78 Å². The van der Waals surface area contributed by atoms with Crippen LogP contribution in [0.1, 0.15) is 5.56 Å². The van der Waals surface area contributed by atoms with Crippen LogP contribution in [0.4, 0.5) is 13.2 Å². The van der Waals surface area contributed by atoms with Crippen LogP contribution in [0.3, 0.4) is 0 Å². The van der Waals surface area contributed by atoms with Crippen LogP contribution in [0.25, 0.3) is 0 Å². The molecule has 0 aliphatic heterocycles. The van der Waals surface area contributed by atoms with E-state index in [1.807, 2.05) is 0 Å². The third kappa shape index (κ3) is 2.15. The van der Waals surface area contributed by atoms with Gasteiger partial charge in [0.25, 0.3) is 0 Å². The molecule has 1 N–H and O–H groups in total. The first-order chi connectivity index (χ1) is 6.76. The van der Waals surface area contributed by atoms with E-state index in [9.17, 15) is 18.0 Å². The lowest BCUT2D eigenvalue weighted by Crippen LogP contribution is -2.26. The Morgan fingerprint density at radius 3 is 2.40 bits per heavy atom. The molecule has 8 heteroatoms. The molecule has 0 fully saturated rings. The average Bonchev–Trinajstić information content (AvgIpc) is 2.10. The fourth-order valence-corrected chi connectivity index (χ4v) is 1.22. The maximum Gasteiger partial charge on any atom is 0.379 e. The van der Waals surface area contributed by atoms with Gasteiger partial charge in [-0.15, -0.1) is 0 Å². The Morgan fingerprint density at radius 1 is 1.40 bits per heavy atom. The number of carbonyl (C=O) groups is 1. The SMILES string of the molecule is O=C(O)C(F)(F)c1cc(F)c(Cl)nc1Cl. The second-order valence-corrected chi connectivity index (χ2v) is 3.19. The molecule has 1 aromatic heterocycles. The van der Waals surface area contributed by atoms with Crippen molar-refractivity contribution in [3.63, 3.8) is 0 Å². The van der Waals surface area contributed by atoms with Crippen molar-refractivity contribution >= 4 is 29.2 Å². The summed E-state index contributed by atoms with van der Waals surface area (Å²) < 4.78 is 38.6. The van der Waals surface area contributed by atoms with Gasteiger partial charge in [-0.1, -0.05) is 23.2 Å². The molecule has 0 saturated heterocycles. The molecule has 1 rings (SSSR count). The summed E-state index contributed by atoms with van der Waals surface area (Å²) in [7, 11) is 0. The molecule has 0 aliphatic rings. The summed E-state index contributed by atoms with van der Waals surface area (Å²) in [5, 5.41) is 6.63. The minimum Gasteiger partial charge on any atom is -0.477 e. The van der Waals surface area contributed by atoms with Crippen molar-refractivity contribution in [2.75, 3.05) is 0 Å². The van der Waals surface area contributed by atoms with Crippen molar-refractivity contribution in [3.8, 4) is 0 Å². The predicted molar refractivity (Wildman–Crippen MR) is 45.7 cm³/mol. The van der Waals surface area contributed by atoms with Crippen LogP contribution in [0.15, 0.2) is 6.07 Å². The molecule has 0 atom stereocenters. The number of rotatable bonds is 2. The summed E-state index contributed by atoms with van der Waals surface area (Å²) in [6, 6.07) is 0.242. The average molecular weight is 260 g/mol. The molecule has 0 unspecified atom stereocenters. The summed E-state index contributed by atoms with van der Waals surface area (Å²) in [6.45, 7) is 0. The van der Waals surface area contributed by atoms with Crippen molar-refractivity contribution in [3.05, 3.63) is 27.8 Å². The lowest BCUT2D eigenvalue weighted by molar-refractivity contribution is -0.166. The van der Waals surface area contributed by atoms with E-state index < -0.39 is 33.6 Å². The summed E-state index contributed by atoms with van der Waals surface area (Å²) in [6.07, 6.45) is 0. The molecule has 0 aromatic carbocycles. The second kappa shape index (κ2) is 3.86. The predicted octanol–water partition coefficient (Wildman–Crippen LogP) is 2.70. The smallest absolute Gasteiger partial charge is 0.379 e. The van der Waals surface area contributed by atoms with E-state index in [1.54, 1.807) is 0 Å². The lowest BCUT2D eigenvalue weighted by Gasteiger charge is -2.12. The summed E-state index contributed by atoms with van der Waals surface area (Å²) in [5.41, 5.74) is -1.24. The fourth-order valence-electron chi connectivity index (χ4n) is 0.781. The highest BCUT2D eigenvalue weighted by molar-refractivity contribution is 6.33. The molecule has 15 heavy (non-hydrogen) atoms. The topological polar surface area (TPSA) is 50.2 Å². The van der Waals surface area contributed by atoms with E-state index in [4.69, 9.17) is 28.3 Å². The Balaban J connectivity index is 3.38. The molecule has 0 bridgehead atoms. The third-order valence-electron chi connectivity index (χ3n) is 1.49. The van der Waals surface area contributed by atoms with Crippen molar-refractivity contribution in [1.29, 1.82) is 0 Å². The van der Waals surface area contributed by atoms with Gasteiger partial charge in [0.15, 0.2) is 11.0 Å². The first-order valence-electron chi connectivity index (χ1n) is 3.40. The van der Waals surface area contributed by atoms with E-state index >= 15 is 0 Å². The molecule has 0 radical (unpaired) electrons. The van der Waals surface area contributed by atoms with Crippen molar-refractivity contribution in [2.45, 2.75) is 5.92 Å². The van der Waals surface area contributed by atoms with E-state index in [1.165, 1.54) is 0 Å². The van der Waals surface area contributed by atoms with Gasteiger partial charge >= 0.3 is 11.9 Å². The van der Waals surface area contributed by atoms with Gasteiger partial charge in [0, 0.05) is 0 Å². The molecule has 3 nitrogen and oxygen atoms in total. The van der Waals surface area contributed by atoms with Crippen LogP contribution in [0, 0.1) is 5.82 Å². The molecule has 82 valence electrons. The van der Waals surface area contributed by atoms with Crippen molar-refractivity contribution in [1.82, 2.24) is 4.98 Å². The van der Waals surface area contributed by atoms with Crippen molar-refractivity contribution < 1.29 is 23.1 Å². The Morgan fingerprint density at radius 2 is 1.93 bits per heavy atom. The first-order valence-corrected chi connectivity index (χ1v) is 4.15. The largest absolute Gasteiger partial charge is 0.477 e. The number of carboxylic acid groups (broad SMARTS) is 1. The number of alkyl halides is 2. The van der Waals surface area contributed by atoms with E-state index in [2.05, 4.69) is 4.98 Å². The quantitative estimate of drug-likeness (QED) is 0.831. The molecule has 1 aromatic rings. The Labute approximate surface area is 91.4 Å². The standard InChI is InChI=1S/C7H2Cl2F3NO2/c8-4-2(7(11,12)6(14)15)1-3(10)5(9)13-4/h1H,(H,14,15). The number of carboxylic acids is 1. The van der Waals surface area contributed by atoms with Gasteiger partial charge in [0.05, 0.1) is 5.56 Å². The van der Waals surface area contributed by atoms with Gasteiger partial charge in [-0.25, -0.2) is 14.2 Å². The highest BCUT2D eigenvalue weighted by Gasteiger charge is 2.44. The molecule has 0 spiro atoms. The minimum absolute atomic E-state index is 0.242. The number of halogens is 5. The van der Waals surface area contributed by atoms with Crippen LogP contribution < -0.4 is 0 Å². The third-order valence-corrected chi connectivity index (χ3v) is 2.05. The monoisotopic (exact) mass is 259 g/mol. The summed E-state index contributed by atoms with van der Waals surface area (Å²) in [4.78, 5) is 13.2. The zero-order valence-corrected chi connectivity index (χ0v) is 8.28. The number of hydrogen-bond acceptors (Lipinski definition) is 2. The Bertz CT molecular complexity index is 425. The van der Waals surface area contributed by atoms with Gasteiger partial charge in [-0.05, 0) is 6.07 Å². The zero-order chi connectivity index (χ0) is 11.8. The molecular formula is C7H2Cl2F3NO2. The number of aliphatic carboxylic acids is 1. The lowest BCUT2D eigenvalue weighted by atomic mass is 10.1. The fraction of sp³-hybridized carbons (Fsp3) is 0.143. The molecule has 0 amide bonds. The first kappa shape index (κ1) is 12.1. The maximum atomic E-state index is 12.9. The molecular weight excluding hydrogens is 258 g/mol. The van der Waals surface area contributed by atoms with Gasteiger partial charge in [0.2, 0.25) is 0 Å². The highest BCUT2D eigenvalue weighted by atomic mass is 35.5. The van der Waals surface area contributed by atoms with Gasteiger partial charge in [-0.3, -0.25) is 0 Å². The van der Waals surface area contributed by atoms with E-state index in [-0.39, 0.29) is 6.07 Å². The normalized spacial score (nSPS) is 11.5. The summed E-state index contributed by atoms with van der Waals surface area (Å²) in [5.74, 6) is -8.03. The highest BCUT2D eigenvalue weighted by Crippen LogP contribution is 2.34. The maximum absolute atomic E-state index is 12.9. The van der Waals surface area contributed by atoms with Gasteiger partial charge in [0.1, 0.15) is 5.15 Å². The zero-order valence-electron chi connectivity index (χ0n) is 6.77. The van der Waals surface area contributed by atoms with E-state index in [0.29, 0.717) is 0 Å². The van der Waals surface area contributed by atoms with Crippen LogP contribution in [0.2, 0.25) is 10.3 Å². The minimum atomic E-state index is -4.31. The number of aromatic nitrogens is 1. The van der Waals surface area contributed by atoms with Gasteiger partial charge < -0.3 is 5.11 Å². The second-order valence-electron chi connectivity index (χ2n) is 2.48. The van der Waals surface area contributed by atoms with Crippen molar-refractivity contribution in [2.24, 2.45) is 0 Å². The van der Waals surface area contributed by atoms with Crippen LogP contribution >= 0.6 is 23.2 Å². The number of pyridine rings is 1. The molecule has 0 aliphatic carbocycles. The Hall–Kier alpha value is -1.01. The van der Waals surface area contributed by atoms with Crippen LogP contribution in [0.5, 0.6) is 0 Å². The summed E-state index contributed by atoms with van der Waals surface area (Å²) >= 11 is 10.4. The van der Waals surface area contributed by atoms with E-state index in [0.717, 1.165) is 0 Å². The Kier molecular flexibility index (Phi) is 3.11. The number of nitrogens with zero attached hydrogens (tertiary/aromatic N) is 1. The van der Waals surface area contributed by atoms with Crippen LogP contribution in [-0.2, 0) is 10.7 Å². The molecule has 0 saturated carbocycles. The number of hydrogen-bond donors (Lipinski definition) is 1. The molecule has 1 heterocycles.